The lowest BCUT2D eigenvalue weighted by atomic mass is 10.3. The Kier molecular flexibility index (Phi) is 18.9. The second-order valence-corrected chi connectivity index (χ2v) is 7.36. The van der Waals surface area contributed by atoms with Crippen LogP contribution >= 0.6 is 0 Å². The number of nitrogens with zero attached hydrogens (tertiary/aromatic N) is 1. The number of rotatable bonds is 8. The van der Waals surface area contributed by atoms with Gasteiger partial charge in [0.1, 0.15) is 17.3 Å². The van der Waals surface area contributed by atoms with Crippen LogP contribution in [0.3, 0.4) is 0 Å². The molecule has 0 radical (unpaired) electrons. The molecule has 0 unspecified atom stereocenters. The van der Waals surface area contributed by atoms with Crippen molar-refractivity contribution in [3.8, 4) is 0 Å². The molecule has 0 fully saturated rings. The molecule has 0 amide bonds. The van der Waals surface area contributed by atoms with Gasteiger partial charge in [-0.3, -0.25) is 0 Å². The second kappa shape index (κ2) is 13.2. The van der Waals surface area contributed by atoms with Crippen molar-refractivity contribution in [2.24, 2.45) is 0 Å². The van der Waals surface area contributed by atoms with Gasteiger partial charge in [0.05, 0.1) is 27.2 Å². The van der Waals surface area contributed by atoms with Gasteiger partial charge in [-0.1, -0.05) is 0 Å². The minimum Gasteiger partial charge on any atom is -1.00 e. The number of hydrogen-bond acceptors (Lipinski definition) is 0. The van der Waals surface area contributed by atoms with Crippen LogP contribution < -0.4 is 48.0 Å². The average Bonchev–Trinajstić information content (AvgIpc) is 2.18. The lowest BCUT2D eigenvalue weighted by Gasteiger charge is -2.27. The van der Waals surface area contributed by atoms with Crippen molar-refractivity contribution in [1.29, 1.82) is 0 Å². The van der Waals surface area contributed by atoms with E-state index in [-0.39, 0.29) is 48.0 Å². The fraction of sp³-hybridized carbons (Fsp3) is 1.00. The Balaban J connectivity index is -0.000000845. The molecule has 1 nitrogen and oxygen atoms in total. The summed E-state index contributed by atoms with van der Waals surface area (Å²) in [6.45, 7) is 9.55. The highest BCUT2D eigenvalue weighted by Gasteiger charge is 2.14. The summed E-state index contributed by atoms with van der Waals surface area (Å²) in [6.07, 6.45) is 2.84. The van der Waals surface area contributed by atoms with Gasteiger partial charge < -0.3 is 52.4 Å². The van der Waals surface area contributed by atoms with E-state index in [1.807, 2.05) is 0 Å². The molecular weight excluding hydrogens is 444 g/mol. The molecule has 0 heterocycles. The predicted molar refractivity (Wildman–Crippen MR) is 70.1 cm³/mol. The smallest absolute Gasteiger partial charge is 0.108 e. The molecule has 0 N–H and O–H groups in total. The Morgan fingerprint density at radius 1 is 0.875 bits per heavy atom. The Hall–Kier alpha value is 1.77. The first-order valence-corrected chi connectivity index (χ1v) is 7.75. The van der Waals surface area contributed by atoms with Crippen molar-refractivity contribution in [3.63, 3.8) is 0 Å². The summed E-state index contributed by atoms with van der Waals surface area (Å²) in [7, 11) is 5.39. The summed E-state index contributed by atoms with van der Waals surface area (Å²) in [4.78, 5) is 0. The van der Waals surface area contributed by atoms with Gasteiger partial charge in [0.15, 0.2) is 0 Å². The highest BCUT2D eigenvalue weighted by atomic mass is 127. The maximum Gasteiger partial charge on any atom is 0.108 e. The molecule has 0 rings (SSSR count). The van der Waals surface area contributed by atoms with Gasteiger partial charge in [0.2, 0.25) is 0 Å². The fourth-order valence-electron chi connectivity index (χ4n) is 1.50. The van der Waals surface area contributed by atoms with Crippen molar-refractivity contribution in [1.82, 2.24) is 0 Å². The topological polar surface area (TPSA) is 0 Å². The largest absolute Gasteiger partial charge is 1.00 e. The Bertz CT molecular complexity index is 139. The van der Waals surface area contributed by atoms with Gasteiger partial charge >= 0.3 is 0 Å². The lowest BCUT2D eigenvalue weighted by Crippen LogP contribution is -3.00. The fourth-order valence-corrected chi connectivity index (χ4v) is 3.09. The minimum absolute atomic E-state index is 0. The zero-order valence-electron chi connectivity index (χ0n) is 11.6. The SMILES string of the molecule is CC[S+](CC)CCCC[N+](C)(C)CC.[I-].[I-]. The molecule has 0 aromatic heterocycles. The number of hydrogen-bond donors (Lipinski definition) is 0. The van der Waals surface area contributed by atoms with E-state index in [1.54, 1.807) is 0 Å². The first-order valence-electron chi connectivity index (χ1n) is 6.01. The molecule has 0 aliphatic rings. The van der Waals surface area contributed by atoms with E-state index in [2.05, 4.69) is 34.9 Å². The van der Waals surface area contributed by atoms with Gasteiger partial charge in [-0.15, -0.1) is 0 Å². The molecule has 0 aliphatic heterocycles. The molecular formula is C12H29I2NS. The summed E-state index contributed by atoms with van der Waals surface area (Å²) in [5.74, 6) is 4.25. The molecule has 0 spiro atoms. The van der Waals surface area contributed by atoms with Crippen molar-refractivity contribution >= 4 is 10.9 Å². The quantitative estimate of drug-likeness (QED) is 0.149. The molecule has 4 heteroatoms. The van der Waals surface area contributed by atoms with Crippen LogP contribution in [-0.4, -0.2) is 48.9 Å². The summed E-state index contributed by atoms with van der Waals surface area (Å²) in [5.41, 5.74) is 0. The number of halogens is 2. The van der Waals surface area contributed by atoms with E-state index in [0.29, 0.717) is 0 Å². The summed E-state index contributed by atoms with van der Waals surface area (Å²) in [6, 6.07) is 0. The van der Waals surface area contributed by atoms with Gasteiger partial charge in [0.25, 0.3) is 0 Å². The Morgan fingerprint density at radius 2 is 1.38 bits per heavy atom. The first kappa shape index (κ1) is 22.9. The zero-order valence-corrected chi connectivity index (χ0v) is 16.7. The van der Waals surface area contributed by atoms with Gasteiger partial charge in [-0.05, 0) is 38.1 Å². The molecule has 0 aromatic carbocycles. The van der Waals surface area contributed by atoms with Gasteiger partial charge in [0, 0.05) is 6.42 Å². The molecule has 102 valence electrons. The second-order valence-electron chi connectivity index (χ2n) is 4.58. The summed E-state index contributed by atoms with van der Waals surface area (Å²) >= 11 is 0. The maximum atomic E-state index is 2.33. The van der Waals surface area contributed by atoms with Crippen LogP contribution in [0.4, 0.5) is 0 Å². The highest BCUT2D eigenvalue weighted by Crippen LogP contribution is 2.05. The van der Waals surface area contributed by atoms with Crippen LogP contribution in [0, 0.1) is 0 Å². The number of quaternary nitrogens is 1. The minimum atomic E-state index is 0. The van der Waals surface area contributed by atoms with Crippen molar-refractivity contribution < 1.29 is 52.4 Å². The normalized spacial score (nSPS) is 10.9. The third-order valence-electron chi connectivity index (χ3n) is 3.12. The highest BCUT2D eigenvalue weighted by molar-refractivity contribution is 7.96. The van der Waals surface area contributed by atoms with Crippen molar-refractivity contribution in [2.45, 2.75) is 33.6 Å². The van der Waals surface area contributed by atoms with Crippen LogP contribution in [0.15, 0.2) is 0 Å². The summed E-state index contributed by atoms with van der Waals surface area (Å²) in [5, 5.41) is 0. The molecule has 0 saturated heterocycles. The number of unbranched alkanes of at least 4 members (excludes halogenated alkanes) is 1. The third kappa shape index (κ3) is 12.2. The van der Waals surface area contributed by atoms with E-state index in [0.717, 1.165) is 10.9 Å². The molecule has 16 heavy (non-hydrogen) atoms. The third-order valence-corrected chi connectivity index (χ3v) is 5.62. The standard InChI is InChI=1S/C12H29NS.2HI/c1-6-13(4,5)11-9-10-12-14(7-2)8-3;;/h6-12H2,1-5H3;2*1H/q+2;;/p-2. The molecule has 0 bridgehead atoms. The van der Waals surface area contributed by atoms with Crippen LogP contribution in [0.25, 0.3) is 0 Å². The Labute approximate surface area is 140 Å². The van der Waals surface area contributed by atoms with Crippen LogP contribution in [-0.2, 0) is 10.9 Å². The molecule has 0 atom stereocenters. The van der Waals surface area contributed by atoms with E-state index in [9.17, 15) is 0 Å². The van der Waals surface area contributed by atoms with Crippen LogP contribution in [0.2, 0.25) is 0 Å². The van der Waals surface area contributed by atoms with E-state index >= 15 is 0 Å². The van der Waals surface area contributed by atoms with Gasteiger partial charge in [-0.25, -0.2) is 0 Å². The van der Waals surface area contributed by atoms with Crippen LogP contribution in [0.5, 0.6) is 0 Å². The molecule has 0 saturated carbocycles. The van der Waals surface area contributed by atoms with Crippen molar-refractivity contribution in [2.75, 3.05) is 44.4 Å². The average molecular weight is 473 g/mol. The molecule has 0 aromatic rings. The zero-order chi connectivity index (χ0) is 11.0. The van der Waals surface area contributed by atoms with Crippen LogP contribution in [0.1, 0.15) is 33.6 Å². The maximum absolute atomic E-state index is 2.33. The Morgan fingerprint density at radius 3 is 1.75 bits per heavy atom. The van der Waals surface area contributed by atoms with E-state index < -0.39 is 0 Å². The van der Waals surface area contributed by atoms with Gasteiger partial charge in [-0.2, -0.15) is 0 Å². The molecule has 0 aliphatic carbocycles. The first-order chi connectivity index (χ1) is 6.55. The van der Waals surface area contributed by atoms with E-state index in [4.69, 9.17) is 0 Å². The van der Waals surface area contributed by atoms with E-state index in [1.165, 1.54) is 47.7 Å². The lowest BCUT2D eigenvalue weighted by molar-refractivity contribution is -0.888. The monoisotopic (exact) mass is 473 g/mol. The predicted octanol–water partition coefficient (Wildman–Crippen LogP) is -3.47. The van der Waals surface area contributed by atoms with Crippen molar-refractivity contribution in [3.05, 3.63) is 0 Å². The summed E-state index contributed by atoms with van der Waals surface area (Å²) < 4.78 is 1.19.